The standard InChI is InChI=1S/C23H17N5O.C8H19N/c1-14-5-7-15(8-6-14)16-11-26-23-20(12-27-28(23)13-16)17-9-10-25-21-18(17)3-2-4-19(21)22(24)29;1-3-5-6-8-9-7-4-2/h2-13H,1H3,(H2,24,29);9H,3-8H2,1-2H3. The van der Waals surface area contributed by atoms with Crippen LogP contribution in [-0.2, 0) is 0 Å². The average Bonchev–Trinajstić information content (AvgIpc) is 3.36. The molecule has 196 valence electrons. The van der Waals surface area contributed by atoms with Gasteiger partial charge in [0.1, 0.15) is 0 Å². The van der Waals surface area contributed by atoms with Gasteiger partial charge in [-0.2, -0.15) is 5.10 Å². The molecule has 0 atom stereocenters. The summed E-state index contributed by atoms with van der Waals surface area (Å²) >= 11 is 0. The van der Waals surface area contributed by atoms with Gasteiger partial charge < -0.3 is 11.1 Å². The van der Waals surface area contributed by atoms with Crippen LogP contribution in [0.2, 0.25) is 0 Å². The van der Waals surface area contributed by atoms with E-state index in [0.29, 0.717) is 11.1 Å². The normalized spacial score (nSPS) is 10.9. The van der Waals surface area contributed by atoms with Gasteiger partial charge in [0.25, 0.3) is 5.91 Å². The molecule has 38 heavy (non-hydrogen) atoms. The number of nitrogens with one attached hydrogen (secondary N) is 1. The number of unbranched alkanes of at least 4 members (excludes halogenated alkanes) is 2. The number of carbonyl (C=O) groups is 1. The van der Waals surface area contributed by atoms with Crippen molar-refractivity contribution in [1.29, 1.82) is 0 Å². The highest BCUT2D eigenvalue weighted by molar-refractivity contribution is 6.08. The largest absolute Gasteiger partial charge is 0.366 e. The summed E-state index contributed by atoms with van der Waals surface area (Å²) in [5.74, 6) is -0.499. The third kappa shape index (κ3) is 6.23. The molecule has 0 unspecified atom stereocenters. The quantitative estimate of drug-likeness (QED) is 0.231. The van der Waals surface area contributed by atoms with Crippen LogP contribution >= 0.6 is 0 Å². The number of carbonyl (C=O) groups excluding carboxylic acids is 1. The summed E-state index contributed by atoms with van der Waals surface area (Å²) in [6.07, 6.45) is 12.6. The molecule has 3 aromatic heterocycles. The van der Waals surface area contributed by atoms with Crippen LogP contribution in [0, 0.1) is 6.92 Å². The summed E-state index contributed by atoms with van der Waals surface area (Å²) < 4.78 is 1.77. The van der Waals surface area contributed by atoms with Gasteiger partial charge in [-0.15, -0.1) is 0 Å². The fraction of sp³-hybridized carbons (Fsp3) is 0.290. The van der Waals surface area contributed by atoms with Crippen LogP contribution in [0.5, 0.6) is 0 Å². The van der Waals surface area contributed by atoms with Gasteiger partial charge in [-0.05, 0) is 56.1 Å². The number of para-hydroxylation sites is 1. The number of aryl methyl sites for hydroxylation is 1. The van der Waals surface area contributed by atoms with Crippen LogP contribution in [0.1, 0.15) is 55.5 Å². The molecule has 3 heterocycles. The first-order valence-corrected chi connectivity index (χ1v) is 13.3. The number of primary amides is 1. The Balaban J connectivity index is 0.000000323. The van der Waals surface area contributed by atoms with Crippen molar-refractivity contribution in [3.8, 4) is 22.3 Å². The highest BCUT2D eigenvalue weighted by Crippen LogP contribution is 2.31. The molecule has 0 radical (unpaired) electrons. The number of benzene rings is 2. The van der Waals surface area contributed by atoms with Crippen molar-refractivity contribution < 1.29 is 4.79 Å². The van der Waals surface area contributed by atoms with E-state index < -0.39 is 5.91 Å². The second-order valence-corrected chi connectivity index (χ2v) is 9.42. The second-order valence-electron chi connectivity index (χ2n) is 9.42. The Labute approximate surface area is 224 Å². The minimum absolute atomic E-state index is 0.399. The van der Waals surface area contributed by atoms with Crippen molar-refractivity contribution in [1.82, 2.24) is 24.9 Å². The molecule has 0 saturated heterocycles. The number of pyridine rings is 1. The number of fused-ring (bicyclic) bond motifs is 2. The van der Waals surface area contributed by atoms with Crippen molar-refractivity contribution in [2.24, 2.45) is 5.73 Å². The summed E-state index contributed by atoms with van der Waals surface area (Å²) in [5.41, 5.74) is 12.3. The van der Waals surface area contributed by atoms with E-state index in [1.807, 2.05) is 30.6 Å². The molecule has 0 spiro atoms. The van der Waals surface area contributed by atoms with Crippen molar-refractivity contribution >= 4 is 22.5 Å². The molecule has 0 fully saturated rings. The Kier molecular flexibility index (Phi) is 9.16. The first kappa shape index (κ1) is 26.9. The number of nitrogens with zero attached hydrogens (tertiary/aromatic N) is 4. The van der Waals surface area contributed by atoms with Gasteiger partial charge in [-0.3, -0.25) is 9.78 Å². The Morgan fingerprint density at radius 3 is 2.45 bits per heavy atom. The summed E-state index contributed by atoms with van der Waals surface area (Å²) in [6.45, 7) is 8.89. The Hall–Kier alpha value is -4.10. The van der Waals surface area contributed by atoms with Crippen LogP contribution in [-0.4, -0.2) is 38.6 Å². The van der Waals surface area contributed by atoms with E-state index in [0.717, 1.165) is 33.3 Å². The van der Waals surface area contributed by atoms with E-state index in [1.165, 1.54) is 44.3 Å². The minimum atomic E-state index is -0.499. The third-order valence-electron chi connectivity index (χ3n) is 6.45. The lowest BCUT2D eigenvalue weighted by Crippen LogP contribution is -2.15. The molecule has 5 rings (SSSR count). The molecule has 7 heteroatoms. The van der Waals surface area contributed by atoms with Crippen molar-refractivity contribution in [2.45, 2.75) is 46.5 Å². The van der Waals surface area contributed by atoms with Crippen molar-refractivity contribution in [2.75, 3.05) is 13.1 Å². The SMILES string of the molecule is CCCCCNCCC.Cc1ccc(-c2cnc3c(-c4ccnc5c(C(N)=O)cccc45)cnn3c2)cc1. The summed E-state index contributed by atoms with van der Waals surface area (Å²) in [6, 6.07) is 15.6. The van der Waals surface area contributed by atoms with Crippen LogP contribution in [0.3, 0.4) is 0 Å². The zero-order chi connectivity index (χ0) is 26.9. The number of nitrogens with two attached hydrogens (primary N) is 1. The van der Waals surface area contributed by atoms with Gasteiger partial charge in [0.05, 0.1) is 17.3 Å². The Morgan fingerprint density at radius 1 is 0.895 bits per heavy atom. The van der Waals surface area contributed by atoms with E-state index in [9.17, 15) is 4.79 Å². The summed E-state index contributed by atoms with van der Waals surface area (Å²) in [5, 5.41) is 8.71. The van der Waals surface area contributed by atoms with Gasteiger partial charge >= 0.3 is 0 Å². The van der Waals surface area contributed by atoms with Crippen LogP contribution in [0.25, 0.3) is 38.8 Å². The van der Waals surface area contributed by atoms with Gasteiger partial charge in [-0.1, -0.05) is 68.7 Å². The topological polar surface area (TPSA) is 98.2 Å². The Morgan fingerprint density at radius 2 is 1.71 bits per heavy atom. The molecule has 5 aromatic rings. The summed E-state index contributed by atoms with van der Waals surface area (Å²) in [7, 11) is 0. The third-order valence-corrected chi connectivity index (χ3v) is 6.45. The fourth-order valence-electron chi connectivity index (χ4n) is 4.37. The number of hydrogen-bond donors (Lipinski definition) is 2. The molecule has 7 nitrogen and oxygen atoms in total. The number of hydrogen-bond acceptors (Lipinski definition) is 5. The lowest BCUT2D eigenvalue weighted by Gasteiger charge is -2.07. The molecule has 3 N–H and O–H groups in total. The molecule has 1 amide bonds. The maximum Gasteiger partial charge on any atom is 0.250 e. The second kappa shape index (κ2) is 12.9. The predicted molar refractivity (Wildman–Crippen MR) is 155 cm³/mol. The van der Waals surface area contributed by atoms with E-state index in [1.54, 1.807) is 23.0 Å². The van der Waals surface area contributed by atoms with Gasteiger partial charge in [0, 0.05) is 35.1 Å². The van der Waals surface area contributed by atoms with Crippen LogP contribution in [0.4, 0.5) is 0 Å². The molecule has 0 aliphatic carbocycles. The minimum Gasteiger partial charge on any atom is -0.366 e. The van der Waals surface area contributed by atoms with Crippen LogP contribution in [0.15, 0.2) is 73.3 Å². The zero-order valence-electron chi connectivity index (χ0n) is 22.4. The molecule has 2 aromatic carbocycles. The molecule has 0 bridgehead atoms. The monoisotopic (exact) mass is 508 g/mol. The highest BCUT2D eigenvalue weighted by Gasteiger charge is 2.15. The van der Waals surface area contributed by atoms with E-state index in [-0.39, 0.29) is 0 Å². The summed E-state index contributed by atoms with van der Waals surface area (Å²) in [4.78, 5) is 20.8. The van der Waals surface area contributed by atoms with Crippen molar-refractivity contribution in [3.05, 3.63) is 84.4 Å². The fourth-order valence-corrected chi connectivity index (χ4v) is 4.37. The molecule has 0 aliphatic rings. The first-order chi connectivity index (χ1) is 18.5. The first-order valence-electron chi connectivity index (χ1n) is 13.3. The smallest absolute Gasteiger partial charge is 0.250 e. The van der Waals surface area contributed by atoms with Crippen molar-refractivity contribution in [3.63, 3.8) is 0 Å². The highest BCUT2D eigenvalue weighted by atomic mass is 16.1. The lowest BCUT2D eigenvalue weighted by molar-refractivity contribution is 0.100. The molecular weight excluding hydrogens is 472 g/mol. The predicted octanol–water partition coefficient (Wildman–Crippen LogP) is 6.20. The van der Waals surface area contributed by atoms with Gasteiger partial charge in [0.2, 0.25) is 0 Å². The van der Waals surface area contributed by atoms with E-state index in [4.69, 9.17) is 5.73 Å². The van der Waals surface area contributed by atoms with Crippen LogP contribution < -0.4 is 11.1 Å². The maximum atomic E-state index is 11.8. The zero-order valence-corrected chi connectivity index (χ0v) is 22.4. The molecular formula is C31H36N6O. The van der Waals surface area contributed by atoms with Gasteiger partial charge in [-0.25, -0.2) is 9.50 Å². The van der Waals surface area contributed by atoms with E-state index >= 15 is 0 Å². The lowest BCUT2D eigenvalue weighted by atomic mass is 10.0. The number of aromatic nitrogens is 4. The van der Waals surface area contributed by atoms with Gasteiger partial charge in [0.15, 0.2) is 5.65 Å². The number of amides is 1. The number of rotatable bonds is 9. The molecule has 0 aliphatic heterocycles. The van der Waals surface area contributed by atoms with E-state index in [2.05, 4.69) is 65.4 Å². The maximum absolute atomic E-state index is 11.8. The molecule has 0 saturated carbocycles. The average molecular weight is 509 g/mol. The Bertz CT molecular complexity index is 1500.